The average Bonchev–Trinajstić information content (AvgIpc) is 2.91. The van der Waals surface area contributed by atoms with Crippen LogP contribution in [0.1, 0.15) is 36.0 Å². The lowest BCUT2D eigenvalue weighted by Gasteiger charge is -2.29. The molecule has 2 aromatic rings. The first-order chi connectivity index (χ1) is 10.2. The number of nitrogens with zero attached hydrogens (tertiary/aromatic N) is 1. The first-order valence-electron chi connectivity index (χ1n) is 7.28. The zero-order valence-electron chi connectivity index (χ0n) is 11.9. The van der Waals surface area contributed by atoms with Crippen LogP contribution in [-0.2, 0) is 16.6 Å². The molecule has 104 valence electrons. The third kappa shape index (κ3) is 2.73. The maximum atomic E-state index is 11.9. The molecule has 2 aromatic carbocycles. The van der Waals surface area contributed by atoms with Crippen LogP contribution in [0.15, 0.2) is 54.6 Å². The van der Waals surface area contributed by atoms with E-state index in [1.165, 1.54) is 11.1 Å². The molecule has 1 saturated carbocycles. The molecule has 1 aliphatic rings. The van der Waals surface area contributed by atoms with Gasteiger partial charge in [-0.15, -0.1) is 0 Å². The molecule has 0 N–H and O–H groups in total. The molecule has 0 aliphatic heterocycles. The lowest BCUT2D eigenvalue weighted by atomic mass is 9.74. The summed E-state index contributed by atoms with van der Waals surface area (Å²) in [5.74, 6) is 0.354. The number of ketones is 1. The predicted molar refractivity (Wildman–Crippen MR) is 81.8 cm³/mol. The van der Waals surface area contributed by atoms with Gasteiger partial charge in [-0.25, -0.2) is 0 Å². The van der Waals surface area contributed by atoms with Crippen molar-refractivity contribution in [1.29, 1.82) is 5.26 Å². The summed E-state index contributed by atoms with van der Waals surface area (Å²) in [6.07, 6.45) is 3.06. The summed E-state index contributed by atoms with van der Waals surface area (Å²) in [6.45, 7) is 0. The Morgan fingerprint density at radius 1 is 1.05 bits per heavy atom. The number of hydrogen-bond acceptors (Lipinski definition) is 2. The smallest absolute Gasteiger partial charge is 0.133 e. The van der Waals surface area contributed by atoms with Crippen molar-refractivity contribution < 1.29 is 4.79 Å². The van der Waals surface area contributed by atoms with Crippen LogP contribution in [0.4, 0.5) is 0 Å². The zero-order valence-corrected chi connectivity index (χ0v) is 11.9. The van der Waals surface area contributed by atoms with Crippen LogP contribution in [0.2, 0.25) is 0 Å². The van der Waals surface area contributed by atoms with Gasteiger partial charge in [-0.2, -0.15) is 5.26 Å². The standard InChI is InChI=1S/C19H17NO/c20-14-16-8-6-15(7-9-16)12-19(11-10-18(21)13-19)17-4-2-1-3-5-17/h1-9H,10-13H2. The molecule has 0 amide bonds. The SMILES string of the molecule is N#Cc1ccc(CC2(c3ccccc3)CCC(=O)C2)cc1. The van der Waals surface area contributed by atoms with E-state index in [0.717, 1.165) is 12.8 Å². The van der Waals surface area contributed by atoms with E-state index in [2.05, 4.69) is 18.2 Å². The number of carbonyl (C=O) groups is 1. The van der Waals surface area contributed by atoms with Gasteiger partial charge in [0, 0.05) is 18.3 Å². The molecule has 0 bridgehead atoms. The van der Waals surface area contributed by atoms with Crippen molar-refractivity contribution in [3.63, 3.8) is 0 Å². The minimum Gasteiger partial charge on any atom is -0.300 e. The second kappa shape index (κ2) is 5.54. The Bertz CT molecular complexity index is 682. The van der Waals surface area contributed by atoms with Crippen molar-refractivity contribution >= 4 is 5.78 Å². The lowest BCUT2D eigenvalue weighted by molar-refractivity contribution is -0.117. The summed E-state index contributed by atoms with van der Waals surface area (Å²) in [5, 5.41) is 8.88. The summed E-state index contributed by atoms with van der Waals surface area (Å²) in [6, 6.07) is 20.2. The van der Waals surface area contributed by atoms with Gasteiger partial charge < -0.3 is 0 Å². The summed E-state index contributed by atoms with van der Waals surface area (Å²) < 4.78 is 0. The van der Waals surface area contributed by atoms with E-state index in [1.807, 2.05) is 42.5 Å². The number of Topliss-reactive ketones (excluding diaryl/α,β-unsaturated/α-hetero) is 1. The number of nitriles is 1. The number of carbonyl (C=O) groups excluding carboxylic acids is 1. The highest BCUT2D eigenvalue weighted by Crippen LogP contribution is 2.42. The van der Waals surface area contributed by atoms with Crippen LogP contribution < -0.4 is 0 Å². The molecule has 2 heteroatoms. The highest BCUT2D eigenvalue weighted by Gasteiger charge is 2.39. The molecular weight excluding hydrogens is 258 g/mol. The van der Waals surface area contributed by atoms with Gasteiger partial charge in [0.25, 0.3) is 0 Å². The fourth-order valence-corrected chi connectivity index (χ4v) is 3.31. The van der Waals surface area contributed by atoms with Crippen molar-refractivity contribution in [2.75, 3.05) is 0 Å². The molecule has 0 spiro atoms. The largest absolute Gasteiger partial charge is 0.300 e. The molecule has 2 nitrogen and oxygen atoms in total. The Labute approximate surface area is 125 Å². The topological polar surface area (TPSA) is 40.9 Å². The molecule has 0 saturated heterocycles. The fraction of sp³-hybridized carbons (Fsp3) is 0.263. The quantitative estimate of drug-likeness (QED) is 0.855. The van der Waals surface area contributed by atoms with E-state index >= 15 is 0 Å². The second-order valence-electron chi connectivity index (χ2n) is 5.85. The van der Waals surface area contributed by atoms with Crippen LogP contribution in [-0.4, -0.2) is 5.78 Å². The normalized spacial score (nSPS) is 21.2. The van der Waals surface area contributed by atoms with Gasteiger partial charge in [-0.1, -0.05) is 42.5 Å². The summed E-state index contributed by atoms with van der Waals surface area (Å²) in [5.41, 5.74) is 3.04. The van der Waals surface area contributed by atoms with E-state index in [0.29, 0.717) is 24.2 Å². The van der Waals surface area contributed by atoms with E-state index in [9.17, 15) is 4.79 Å². The van der Waals surface area contributed by atoms with Gasteiger partial charge in [-0.3, -0.25) is 4.79 Å². The average molecular weight is 275 g/mol. The Morgan fingerprint density at radius 2 is 1.76 bits per heavy atom. The van der Waals surface area contributed by atoms with Gasteiger partial charge in [0.2, 0.25) is 0 Å². The van der Waals surface area contributed by atoms with E-state index in [1.54, 1.807) is 0 Å². The van der Waals surface area contributed by atoms with Crippen LogP contribution in [0, 0.1) is 11.3 Å². The number of benzene rings is 2. The fourth-order valence-electron chi connectivity index (χ4n) is 3.31. The van der Waals surface area contributed by atoms with Crippen LogP contribution in [0.5, 0.6) is 0 Å². The third-order valence-electron chi connectivity index (χ3n) is 4.43. The maximum absolute atomic E-state index is 11.9. The van der Waals surface area contributed by atoms with Gasteiger partial charge in [-0.05, 0) is 36.1 Å². The molecular formula is C19H17NO. The maximum Gasteiger partial charge on any atom is 0.133 e. The van der Waals surface area contributed by atoms with Gasteiger partial charge >= 0.3 is 0 Å². The van der Waals surface area contributed by atoms with Crippen molar-refractivity contribution in [3.8, 4) is 6.07 Å². The minimum absolute atomic E-state index is 0.0769. The van der Waals surface area contributed by atoms with E-state index in [-0.39, 0.29) is 5.41 Å². The summed E-state index contributed by atoms with van der Waals surface area (Å²) in [7, 11) is 0. The van der Waals surface area contributed by atoms with Crippen LogP contribution in [0.25, 0.3) is 0 Å². The van der Waals surface area contributed by atoms with Crippen molar-refractivity contribution in [2.45, 2.75) is 31.1 Å². The molecule has 1 aliphatic carbocycles. The number of hydrogen-bond donors (Lipinski definition) is 0. The van der Waals surface area contributed by atoms with E-state index in [4.69, 9.17) is 5.26 Å². The van der Waals surface area contributed by atoms with Crippen LogP contribution >= 0.6 is 0 Å². The third-order valence-corrected chi connectivity index (χ3v) is 4.43. The molecule has 1 unspecified atom stereocenters. The minimum atomic E-state index is -0.0769. The highest BCUT2D eigenvalue weighted by atomic mass is 16.1. The Hall–Kier alpha value is -2.40. The zero-order chi connectivity index (χ0) is 14.7. The first kappa shape index (κ1) is 13.6. The van der Waals surface area contributed by atoms with Gasteiger partial charge in [0.15, 0.2) is 0 Å². The second-order valence-corrected chi connectivity index (χ2v) is 5.85. The van der Waals surface area contributed by atoms with Gasteiger partial charge in [0.05, 0.1) is 11.6 Å². The molecule has 0 aromatic heterocycles. The molecule has 21 heavy (non-hydrogen) atoms. The first-order valence-corrected chi connectivity index (χ1v) is 7.28. The molecule has 1 atom stereocenters. The molecule has 0 radical (unpaired) electrons. The van der Waals surface area contributed by atoms with Crippen molar-refractivity contribution in [1.82, 2.24) is 0 Å². The molecule has 3 rings (SSSR count). The van der Waals surface area contributed by atoms with Crippen molar-refractivity contribution in [3.05, 3.63) is 71.3 Å². The predicted octanol–water partition coefficient (Wildman–Crippen LogP) is 3.79. The van der Waals surface area contributed by atoms with Crippen LogP contribution in [0.3, 0.4) is 0 Å². The van der Waals surface area contributed by atoms with Crippen molar-refractivity contribution in [2.24, 2.45) is 0 Å². The monoisotopic (exact) mass is 275 g/mol. The highest BCUT2D eigenvalue weighted by molar-refractivity contribution is 5.83. The molecule has 0 heterocycles. The summed E-state index contributed by atoms with van der Waals surface area (Å²) >= 11 is 0. The Kier molecular flexibility index (Phi) is 3.58. The number of rotatable bonds is 3. The van der Waals surface area contributed by atoms with Gasteiger partial charge in [0.1, 0.15) is 5.78 Å². The molecule has 1 fully saturated rings. The summed E-state index contributed by atoms with van der Waals surface area (Å²) in [4.78, 5) is 11.9. The Balaban J connectivity index is 1.93. The lowest BCUT2D eigenvalue weighted by Crippen LogP contribution is -2.26. The van der Waals surface area contributed by atoms with E-state index < -0.39 is 0 Å². The Morgan fingerprint density at radius 3 is 2.33 bits per heavy atom.